The van der Waals surface area contributed by atoms with Crippen molar-refractivity contribution in [2.24, 2.45) is 0 Å². The molecule has 0 aliphatic carbocycles. The Morgan fingerprint density at radius 1 is 0.927 bits per heavy atom. The van der Waals surface area contributed by atoms with Gasteiger partial charge in [0.05, 0.1) is 10.6 Å². The van der Waals surface area contributed by atoms with E-state index < -0.39 is 28.5 Å². The lowest BCUT2D eigenvalue weighted by molar-refractivity contribution is -0.140. The molecule has 0 saturated carbocycles. The number of carbonyl (C=O) groups is 2. The summed E-state index contributed by atoms with van der Waals surface area (Å²) in [7, 11) is -4.18. The van der Waals surface area contributed by atoms with Gasteiger partial charge in [-0.15, -0.1) is 0 Å². The van der Waals surface area contributed by atoms with Gasteiger partial charge in [0.25, 0.3) is 10.0 Å². The number of hydrogen-bond acceptors (Lipinski definition) is 4. The summed E-state index contributed by atoms with van der Waals surface area (Å²) < 4.78 is 28.9. The minimum atomic E-state index is -4.18. The third kappa shape index (κ3) is 8.38. The summed E-state index contributed by atoms with van der Waals surface area (Å²) in [4.78, 5) is 28.8. The van der Waals surface area contributed by atoms with Gasteiger partial charge in [0.1, 0.15) is 12.6 Å². The predicted octanol–water partition coefficient (Wildman–Crippen LogP) is 6.87. The number of benzene rings is 3. The lowest BCUT2D eigenvalue weighted by atomic mass is 10.1. The van der Waals surface area contributed by atoms with E-state index in [0.29, 0.717) is 44.8 Å². The fraction of sp³-hybridized carbons (Fsp3) is 0.333. The van der Waals surface area contributed by atoms with Crippen molar-refractivity contribution < 1.29 is 18.0 Å². The van der Waals surface area contributed by atoms with E-state index in [-0.39, 0.29) is 17.3 Å². The summed E-state index contributed by atoms with van der Waals surface area (Å²) in [6.07, 6.45) is 1.99. The van der Waals surface area contributed by atoms with Gasteiger partial charge in [0, 0.05) is 28.2 Å². The van der Waals surface area contributed by atoms with Crippen LogP contribution in [0.15, 0.2) is 71.6 Å². The van der Waals surface area contributed by atoms with E-state index >= 15 is 0 Å². The van der Waals surface area contributed by atoms with Crippen molar-refractivity contribution in [3.63, 3.8) is 0 Å². The van der Waals surface area contributed by atoms with Gasteiger partial charge in [-0.2, -0.15) is 0 Å². The van der Waals surface area contributed by atoms with Crippen LogP contribution < -0.4 is 9.62 Å². The average molecular weight is 639 g/mol. The first kappa shape index (κ1) is 32.7. The molecule has 220 valence electrons. The van der Waals surface area contributed by atoms with Gasteiger partial charge in [-0.3, -0.25) is 13.9 Å². The number of aryl methyl sites for hydroxylation is 1. The number of hydrogen-bond donors (Lipinski definition) is 1. The number of nitrogens with zero attached hydrogens (tertiary/aromatic N) is 2. The minimum Gasteiger partial charge on any atom is -0.354 e. The standard InChI is InChI=1S/C30H34Cl3N3O4S/c1-4-6-16-34-30(38)27(5-2)35(19-22-12-13-24(32)18-26(22)33)29(37)20-36(28-15-14-23(31)17-21(28)3)41(39,40)25-10-8-7-9-11-25/h7-15,17-18,27H,4-6,16,19-20H2,1-3H3,(H,34,38). The molecule has 11 heteroatoms. The van der Waals surface area contributed by atoms with Gasteiger partial charge < -0.3 is 10.2 Å². The SMILES string of the molecule is CCCCNC(=O)C(CC)N(Cc1ccc(Cl)cc1Cl)C(=O)CN(c1ccc(Cl)cc1C)S(=O)(=O)c1ccccc1. The molecule has 0 fully saturated rings. The molecule has 0 heterocycles. The van der Waals surface area contributed by atoms with Gasteiger partial charge in [-0.05, 0) is 73.4 Å². The lowest BCUT2D eigenvalue weighted by Gasteiger charge is -2.33. The monoisotopic (exact) mass is 637 g/mol. The highest BCUT2D eigenvalue weighted by atomic mass is 35.5. The normalized spacial score (nSPS) is 12.0. The van der Waals surface area contributed by atoms with E-state index in [0.717, 1.165) is 17.1 Å². The first-order chi connectivity index (χ1) is 19.5. The highest BCUT2D eigenvalue weighted by molar-refractivity contribution is 7.92. The van der Waals surface area contributed by atoms with Crippen LogP contribution in [0.5, 0.6) is 0 Å². The van der Waals surface area contributed by atoms with Gasteiger partial charge in [-0.25, -0.2) is 8.42 Å². The second kappa shape index (κ2) is 14.9. The molecule has 0 aliphatic heterocycles. The summed E-state index contributed by atoms with van der Waals surface area (Å²) in [6, 6.07) is 16.7. The Bertz CT molecular complexity index is 1470. The molecule has 2 amide bonds. The molecule has 3 aromatic rings. The van der Waals surface area contributed by atoms with Crippen LogP contribution in [0.1, 0.15) is 44.2 Å². The lowest BCUT2D eigenvalue weighted by Crippen LogP contribution is -2.52. The second-order valence-corrected chi connectivity index (χ2v) is 12.7. The van der Waals surface area contributed by atoms with Crippen molar-refractivity contribution in [3.05, 3.63) is 92.9 Å². The fourth-order valence-corrected chi connectivity index (χ4v) is 6.59. The molecule has 1 unspecified atom stereocenters. The quantitative estimate of drug-likeness (QED) is 0.207. The number of nitrogens with one attached hydrogen (secondary N) is 1. The zero-order valence-electron chi connectivity index (χ0n) is 23.2. The van der Waals surface area contributed by atoms with Crippen molar-refractivity contribution >= 4 is 62.3 Å². The molecule has 41 heavy (non-hydrogen) atoms. The van der Waals surface area contributed by atoms with Crippen LogP contribution in [0.25, 0.3) is 0 Å². The molecule has 0 saturated heterocycles. The molecule has 0 spiro atoms. The Morgan fingerprint density at radius 2 is 1.59 bits per heavy atom. The van der Waals surface area contributed by atoms with Gasteiger partial charge >= 0.3 is 0 Å². The Hall–Kier alpha value is -2.78. The Labute approximate surface area is 257 Å². The van der Waals surface area contributed by atoms with E-state index in [2.05, 4.69) is 5.32 Å². The number of carbonyl (C=O) groups excluding carboxylic acids is 2. The zero-order valence-corrected chi connectivity index (χ0v) is 26.3. The molecule has 3 aromatic carbocycles. The molecule has 1 N–H and O–H groups in total. The van der Waals surface area contributed by atoms with E-state index in [9.17, 15) is 18.0 Å². The Balaban J connectivity index is 2.08. The van der Waals surface area contributed by atoms with Crippen molar-refractivity contribution in [2.45, 2.75) is 57.5 Å². The Kier molecular flexibility index (Phi) is 11.9. The highest BCUT2D eigenvalue weighted by Crippen LogP contribution is 2.30. The predicted molar refractivity (Wildman–Crippen MR) is 166 cm³/mol. The van der Waals surface area contributed by atoms with Gasteiger partial charge in [0.2, 0.25) is 11.8 Å². The largest absolute Gasteiger partial charge is 0.354 e. The Morgan fingerprint density at radius 3 is 2.20 bits per heavy atom. The maximum absolute atomic E-state index is 14.1. The van der Waals surface area contributed by atoms with Crippen LogP contribution in [0.2, 0.25) is 15.1 Å². The third-order valence-corrected chi connectivity index (χ3v) is 9.20. The molecule has 1 atom stereocenters. The van der Waals surface area contributed by atoms with Gasteiger partial charge in [-0.1, -0.05) is 79.3 Å². The number of amides is 2. The van der Waals surface area contributed by atoms with Crippen molar-refractivity contribution in [3.8, 4) is 0 Å². The molecular weight excluding hydrogens is 605 g/mol. The summed E-state index contributed by atoms with van der Waals surface area (Å²) in [6.45, 7) is 5.43. The molecule has 3 rings (SSSR count). The van der Waals surface area contributed by atoms with Crippen LogP contribution in [0.4, 0.5) is 5.69 Å². The number of halogens is 3. The van der Waals surface area contributed by atoms with E-state index in [4.69, 9.17) is 34.8 Å². The fourth-order valence-electron chi connectivity index (χ4n) is 4.39. The first-order valence-electron chi connectivity index (χ1n) is 13.3. The number of unbranched alkanes of at least 4 members (excludes halogenated alkanes) is 1. The van der Waals surface area contributed by atoms with Crippen molar-refractivity contribution in [1.82, 2.24) is 10.2 Å². The second-order valence-electron chi connectivity index (χ2n) is 9.58. The van der Waals surface area contributed by atoms with Crippen LogP contribution in [-0.2, 0) is 26.2 Å². The smallest absolute Gasteiger partial charge is 0.264 e. The van der Waals surface area contributed by atoms with Crippen molar-refractivity contribution in [1.29, 1.82) is 0 Å². The molecule has 0 radical (unpaired) electrons. The maximum atomic E-state index is 14.1. The van der Waals surface area contributed by atoms with Crippen LogP contribution in [0.3, 0.4) is 0 Å². The molecular formula is C30H34Cl3N3O4S. The molecule has 0 aliphatic rings. The summed E-state index contributed by atoms with van der Waals surface area (Å²) in [5.41, 5.74) is 1.45. The summed E-state index contributed by atoms with van der Waals surface area (Å²) in [5.74, 6) is -0.887. The van der Waals surface area contributed by atoms with Crippen molar-refractivity contribution in [2.75, 3.05) is 17.4 Å². The summed E-state index contributed by atoms with van der Waals surface area (Å²) in [5, 5.41) is 4.10. The topological polar surface area (TPSA) is 86.8 Å². The summed E-state index contributed by atoms with van der Waals surface area (Å²) >= 11 is 18.7. The first-order valence-corrected chi connectivity index (χ1v) is 15.9. The molecule has 0 bridgehead atoms. The third-order valence-electron chi connectivity index (χ3n) is 6.61. The highest BCUT2D eigenvalue weighted by Gasteiger charge is 2.34. The molecule has 0 aromatic heterocycles. The van der Waals surface area contributed by atoms with Crippen LogP contribution >= 0.6 is 34.8 Å². The molecule has 7 nitrogen and oxygen atoms in total. The minimum absolute atomic E-state index is 0.0205. The van der Waals surface area contributed by atoms with E-state index in [1.807, 2.05) is 6.92 Å². The maximum Gasteiger partial charge on any atom is 0.264 e. The zero-order chi connectivity index (χ0) is 30.2. The van der Waals surface area contributed by atoms with Crippen LogP contribution in [0, 0.1) is 6.92 Å². The van der Waals surface area contributed by atoms with Crippen LogP contribution in [-0.4, -0.2) is 44.3 Å². The number of sulfonamides is 1. The van der Waals surface area contributed by atoms with Gasteiger partial charge in [0.15, 0.2) is 0 Å². The number of rotatable bonds is 13. The average Bonchev–Trinajstić information content (AvgIpc) is 2.93. The van der Waals surface area contributed by atoms with E-state index in [1.165, 1.54) is 17.0 Å². The van der Waals surface area contributed by atoms with E-state index in [1.54, 1.807) is 68.4 Å². The number of anilines is 1.